The first-order valence-electron chi connectivity index (χ1n) is 10.7. The van der Waals surface area contributed by atoms with Crippen LogP contribution in [0.1, 0.15) is 6.92 Å². The van der Waals surface area contributed by atoms with Gasteiger partial charge in [-0.15, -0.1) is 0 Å². The van der Waals surface area contributed by atoms with Crippen LogP contribution in [-0.2, 0) is 4.79 Å². The Morgan fingerprint density at radius 3 is 2.42 bits per heavy atom. The summed E-state index contributed by atoms with van der Waals surface area (Å²) in [6.07, 6.45) is 1.53. The largest absolute Gasteiger partial charge is 0.494 e. The summed E-state index contributed by atoms with van der Waals surface area (Å²) < 4.78 is 37.4. The normalized spacial score (nSPS) is 13.7. The first kappa shape index (κ1) is 22.4. The van der Waals surface area contributed by atoms with Crippen LogP contribution in [0.3, 0.4) is 0 Å². The van der Waals surface area contributed by atoms with E-state index in [0.717, 1.165) is 35.0 Å². The van der Waals surface area contributed by atoms with E-state index in [1.54, 1.807) is 4.90 Å². The van der Waals surface area contributed by atoms with Crippen molar-refractivity contribution in [1.29, 1.82) is 0 Å². The van der Waals surface area contributed by atoms with Gasteiger partial charge in [-0.1, -0.05) is 0 Å². The molecule has 2 aromatic carbocycles. The zero-order chi connectivity index (χ0) is 23.2. The maximum atomic E-state index is 13.7. The summed E-state index contributed by atoms with van der Waals surface area (Å²) in [6.45, 7) is 4.40. The van der Waals surface area contributed by atoms with Crippen LogP contribution in [0.4, 0.5) is 14.6 Å². The zero-order valence-corrected chi connectivity index (χ0v) is 18.2. The van der Waals surface area contributed by atoms with Gasteiger partial charge in [-0.3, -0.25) is 4.79 Å². The summed E-state index contributed by atoms with van der Waals surface area (Å²) >= 11 is 0. The second-order valence-corrected chi connectivity index (χ2v) is 7.45. The smallest absolute Gasteiger partial charge is 0.260 e. The molecular formula is C24H24F2N4O3. The number of piperazine rings is 1. The molecule has 2 heterocycles. The number of hydrogen-bond donors (Lipinski definition) is 0. The second kappa shape index (κ2) is 10.2. The Labute approximate surface area is 190 Å². The third-order valence-electron chi connectivity index (χ3n) is 5.32. The quantitative estimate of drug-likeness (QED) is 0.544. The molecule has 0 unspecified atom stereocenters. The molecule has 0 aliphatic carbocycles. The number of nitrogens with zero attached hydrogens (tertiary/aromatic N) is 4. The Morgan fingerprint density at radius 2 is 1.73 bits per heavy atom. The molecule has 1 fully saturated rings. The summed E-state index contributed by atoms with van der Waals surface area (Å²) in [5.41, 5.74) is 1.76. The van der Waals surface area contributed by atoms with Gasteiger partial charge in [0.15, 0.2) is 18.2 Å². The van der Waals surface area contributed by atoms with Crippen LogP contribution in [0.5, 0.6) is 11.5 Å². The predicted octanol–water partition coefficient (Wildman–Crippen LogP) is 3.55. The van der Waals surface area contributed by atoms with E-state index in [4.69, 9.17) is 9.47 Å². The number of rotatable bonds is 7. The summed E-state index contributed by atoms with van der Waals surface area (Å²) in [7, 11) is 0. The number of carbonyl (C=O) groups is 1. The van der Waals surface area contributed by atoms with Crippen molar-refractivity contribution in [2.75, 3.05) is 44.3 Å². The third kappa shape index (κ3) is 5.54. The van der Waals surface area contributed by atoms with Crippen LogP contribution in [0.2, 0.25) is 0 Å². The zero-order valence-electron chi connectivity index (χ0n) is 18.2. The molecule has 0 spiro atoms. The van der Waals surface area contributed by atoms with E-state index in [9.17, 15) is 13.6 Å². The van der Waals surface area contributed by atoms with Crippen LogP contribution in [0.15, 0.2) is 54.9 Å². The minimum absolute atomic E-state index is 0.147. The fraction of sp³-hybridized carbons (Fsp3) is 0.292. The van der Waals surface area contributed by atoms with Crippen molar-refractivity contribution < 1.29 is 23.0 Å². The van der Waals surface area contributed by atoms with Gasteiger partial charge < -0.3 is 19.3 Å². The third-order valence-corrected chi connectivity index (χ3v) is 5.32. The van der Waals surface area contributed by atoms with Gasteiger partial charge in [0.05, 0.1) is 12.3 Å². The lowest BCUT2D eigenvalue weighted by atomic mass is 10.1. The van der Waals surface area contributed by atoms with Gasteiger partial charge in [0.2, 0.25) is 0 Å². The first-order valence-corrected chi connectivity index (χ1v) is 10.7. The van der Waals surface area contributed by atoms with Crippen molar-refractivity contribution >= 4 is 11.7 Å². The van der Waals surface area contributed by atoms with Crippen LogP contribution in [0, 0.1) is 11.6 Å². The molecule has 1 aliphatic heterocycles. The Morgan fingerprint density at radius 1 is 0.970 bits per heavy atom. The number of benzene rings is 2. The topological polar surface area (TPSA) is 67.8 Å². The fourth-order valence-corrected chi connectivity index (χ4v) is 3.57. The molecule has 1 amide bonds. The molecule has 1 saturated heterocycles. The fourth-order valence-electron chi connectivity index (χ4n) is 3.57. The molecule has 0 atom stereocenters. The van der Waals surface area contributed by atoms with Crippen LogP contribution < -0.4 is 14.4 Å². The number of amides is 1. The van der Waals surface area contributed by atoms with Crippen molar-refractivity contribution in [1.82, 2.24) is 14.9 Å². The molecular weight excluding hydrogens is 430 g/mol. The highest BCUT2D eigenvalue weighted by Crippen LogP contribution is 2.24. The van der Waals surface area contributed by atoms with E-state index in [0.29, 0.717) is 32.8 Å². The minimum Gasteiger partial charge on any atom is -0.494 e. The molecule has 3 aromatic rings. The van der Waals surface area contributed by atoms with Gasteiger partial charge in [-0.25, -0.2) is 18.7 Å². The van der Waals surface area contributed by atoms with Crippen molar-refractivity contribution in [3.8, 4) is 22.8 Å². The van der Waals surface area contributed by atoms with E-state index >= 15 is 0 Å². The molecule has 4 rings (SSSR count). The number of carbonyl (C=O) groups excluding carboxylic acids is 1. The molecule has 33 heavy (non-hydrogen) atoms. The molecule has 1 aliphatic rings. The number of anilines is 1. The van der Waals surface area contributed by atoms with E-state index in [1.807, 2.05) is 37.3 Å². The SMILES string of the molecule is CCOc1ccc(-c2cc(N3CCN(C(=O)COc4ccc(F)cc4F)CC3)ncn2)cc1. The Kier molecular flexibility index (Phi) is 6.97. The second-order valence-electron chi connectivity index (χ2n) is 7.45. The summed E-state index contributed by atoms with van der Waals surface area (Å²) in [4.78, 5) is 25.0. The maximum Gasteiger partial charge on any atom is 0.260 e. The van der Waals surface area contributed by atoms with Gasteiger partial charge in [0.25, 0.3) is 5.91 Å². The molecule has 0 radical (unpaired) electrons. The summed E-state index contributed by atoms with van der Waals surface area (Å²) in [6, 6.07) is 12.6. The molecule has 0 N–H and O–H groups in total. The highest BCUT2D eigenvalue weighted by atomic mass is 19.1. The van der Waals surface area contributed by atoms with E-state index < -0.39 is 11.6 Å². The van der Waals surface area contributed by atoms with Gasteiger partial charge in [0.1, 0.15) is 23.7 Å². The van der Waals surface area contributed by atoms with Crippen molar-refractivity contribution in [3.63, 3.8) is 0 Å². The van der Waals surface area contributed by atoms with Crippen molar-refractivity contribution in [3.05, 3.63) is 66.5 Å². The minimum atomic E-state index is -0.834. The van der Waals surface area contributed by atoms with Gasteiger partial charge >= 0.3 is 0 Å². The van der Waals surface area contributed by atoms with Crippen LogP contribution in [0.25, 0.3) is 11.3 Å². The van der Waals surface area contributed by atoms with Gasteiger partial charge in [-0.2, -0.15) is 0 Å². The maximum absolute atomic E-state index is 13.7. The van der Waals surface area contributed by atoms with E-state index in [-0.39, 0.29) is 18.3 Å². The molecule has 7 nitrogen and oxygen atoms in total. The number of aromatic nitrogens is 2. The van der Waals surface area contributed by atoms with E-state index in [1.165, 1.54) is 12.4 Å². The lowest BCUT2D eigenvalue weighted by Gasteiger charge is -2.35. The lowest BCUT2D eigenvalue weighted by Crippen LogP contribution is -2.50. The molecule has 9 heteroatoms. The first-order chi connectivity index (χ1) is 16.0. The lowest BCUT2D eigenvalue weighted by molar-refractivity contribution is -0.133. The Bertz CT molecular complexity index is 1100. The molecule has 1 aromatic heterocycles. The Hall–Kier alpha value is -3.75. The van der Waals surface area contributed by atoms with Gasteiger partial charge in [0, 0.05) is 43.9 Å². The van der Waals surface area contributed by atoms with Crippen molar-refractivity contribution in [2.45, 2.75) is 6.92 Å². The average molecular weight is 454 g/mol. The molecule has 172 valence electrons. The summed E-state index contributed by atoms with van der Waals surface area (Å²) in [5.74, 6) is -0.340. The highest BCUT2D eigenvalue weighted by Gasteiger charge is 2.23. The number of ether oxygens (including phenoxy) is 2. The van der Waals surface area contributed by atoms with Crippen molar-refractivity contribution in [2.24, 2.45) is 0 Å². The molecule has 0 bridgehead atoms. The monoisotopic (exact) mass is 454 g/mol. The number of hydrogen-bond acceptors (Lipinski definition) is 6. The van der Waals surface area contributed by atoms with E-state index in [2.05, 4.69) is 14.9 Å². The standard InChI is InChI=1S/C24H24F2N4O3/c1-2-32-19-6-3-17(4-7-19)21-14-23(28-16-27-21)29-9-11-30(12-10-29)24(31)15-33-22-8-5-18(25)13-20(22)26/h3-8,13-14,16H,2,9-12,15H2,1H3. The average Bonchev–Trinajstić information content (AvgIpc) is 2.84. The van der Waals surface area contributed by atoms with Gasteiger partial charge in [-0.05, 0) is 43.3 Å². The van der Waals surface area contributed by atoms with Crippen LogP contribution >= 0.6 is 0 Å². The predicted molar refractivity (Wildman–Crippen MR) is 119 cm³/mol. The highest BCUT2D eigenvalue weighted by molar-refractivity contribution is 5.78. The Balaban J connectivity index is 1.33. The summed E-state index contributed by atoms with van der Waals surface area (Å²) in [5, 5.41) is 0. The molecule has 0 saturated carbocycles. The number of halogens is 2. The van der Waals surface area contributed by atoms with Crippen LogP contribution in [-0.4, -0.2) is 60.2 Å².